The Morgan fingerprint density at radius 1 is 0.950 bits per heavy atom. The van der Waals surface area contributed by atoms with Crippen LogP contribution in [0.15, 0.2) is 23.3 Å². The third-order valence-electron chi connectivity index (χ3n) is 6.65. The number of nitrogens with zero attached hydrogens (tertiary/aromatic N) is 3. The first-order valence-corrected chi connectivity index (χ1v) is 16.7. The van der Waals surface area contributed by atoms with E-state index in [1.165, 1.54) is 6.07 Å². The van der Waals surface area contributed by atoms with Crippen molar-refractivity contribution in [3.05, 3.63) is 38.4 Å². The Morgan fingerprint density at radius 2 is 1.50 bits per heavy atom. The van der Waals surface area contributed by atoms with Gasteiger partial charge in [-0.3, -0.25) is 34.8 Å². The lowest BCUT2D eigenvalue weighted by atomic mass is 9.77. The lowest BCUT2D eigenvalue weighted by molar-refractivity contribution is -0.393. The highest BCUT2D eigenvalue weighted by Gasteiger charge is 2.52. The molecule has 1 aliphatic rings. The molecule has 40 heavy (non-hydrogen) atoms. The standard InChI is InChI=1S/C24H40N4O10P2/c1-6-18-11-13-21(25-26-22-14-12-20(27(29)30)17-23(22)28(31)32)19(15-18)16-24(39(33,35-7-2)36-8-3)40(34,37-9-4)38-10-5/h12,14,17-19,24,26H,6-11,13,15-16H2,1-5H3/b25-21+/t18-,19-/m0/s1. The van der Waals surface area contributed by atoms with E-state index in [2.05, 4.69) is 17.5 Å². The average Bonchev–Trinajstić information content (AvgIpc) is 2.91. The smallest absolute Gasteiger partial charge is 0.308 e. The van der Waals surface area contributed by atoms with E-state index in [1.54, 1.807) is 27.7 Å². The van der Waals surface area contributed by atoms with E-state index in [1.807, 2.05) is 0 Å². The first-order valence-electron chi connectivity index (χ1n) is 13.5. The maximum atomic E-state index is 14.1. The van der Waals surface area contributed by atoms with E-state index < -0.39 is 41.8 Å². The molecule has 0 heterocycles. The molecule has 1 saturated carbocycles. The Bertz CT molecular complexity index is 1100. The fraction of sp³-hybridized carbons (Fsp3) is 0.708. The van der Waals surface area contributed by atoms with Crippen LogP contribution in [0.1, 0.15) is 66.7 Å². The highest BCUT2D eigenvalue weighted by Crippen LogP contribution is 2.72. The zero-order valence-electron chi connectivity index (χ0n) is 23.6. The molecule has 0 unspecified atom stereocenters. The number of hydrogen-bond acceptors (Lipinski definition) is 12. The summed E-state index contributed by atoms with van der Waals surface area (Å²) in [5, 5.41) is 25.9. The second-order valence-corrected chi connectivity index (χ2v) is 14.0. The summed E-state index contributed by atoms with van der Waals surface area (Å²) in [6.45, 7) is 8.94. The molecule has 14 nitrogen and oxygen atoms in total. The van der Waals surface area contributed by atoms with E-state index in [0.29, 0.717) is 24.5 Å². The minimum atomic E-state index is -3.99. The third kappa shape index (κ3) is 8.64. The Kier molecular flexibility index (Phi) is 13.3. The van der Waals surface area contributed by atoms with Gasteiger partial charge in [-0.25, -0.2) is 0 Å². The van der Waals surface area contributed by atoms with Crippen LogP contribution in [0.25, 0.3) is 0 Å². The Hall–Kier alpha value is -2.21. The topological polar surface area (TPSA) is 182 Å². The summed E-state index contributed by atoms with van der Waals surface area (Å²) >= 11 is 0. The van der Waals surface area contributed by atoms with Gasteiger partial charge in [0.15, 0.2) is 5.40 Å². The van der Waals surface area contributed by atoms with E-state index in [4.69, 9.17) is 18.1 Å². The van der Waals surface area contributed by atoms with E-state index in [9.17, 15) is 29.4 Å². The largest absolute Gasteiger partial charge is 0.345 e. The predicted molar refractivity (Wildman–Crippen MR) is 152 cm³/mol. The quantitative estimate of drug-likeness (QED) is 0.106. The third-order valence-corrected chi connectivity index (χ3v) is 12.7. The number of nitro benzene ring substituents is 2. The van der Waals surface area contributed by atoms with E-state index in [-0.39, 0.29) is 44.5 Å². The molecule has 0 spiro atoms. The number of nitrogens with one attached hydrogen (secondary N) is 1. The van der Waals surface area contributed by atoms with E-state index in [0.717, 1.165) is 25.0 Å². The van der Waals surface area contributed by atoms with Crippen LogP contribution in [-0.4, -0.2) is 47.4 Å². The van der Waals surface area contributed by atoms with Gasteiger partial charge in [-0.15, -0.1) is 0 Å². The molecule has 0 amide bonds. The number of non-ortho nitro benzene ring substituents is 1. The van der Waals surface area contributed by atoms with Crippen molar-refractivity contribution in [2.45, 2.75) is 72.1 Å². The maximum Gasteiger partial charge on any atom is 0.345 e. The first-order chi connectivity index (χ1) is 19.0. The molecule has 1 aromatic rings. The monoisotopic (exact) mass is 606 g/mol. The van der Waals surface area contributed by atoms with Crippen LogP contribution in [0.4, 0.5) is 17.1 Å². The minimum absolute atomic E-state index is 0.0142. The van der Waals surface area contributed by atoms with Crippen LogP contribution in [-0.2, 0) is 27.2 Å². The average molecular weight is 607 g/mol. The lowest BCUT2D eigenvalue weighted by Crippen LogP contribution is -2.30. The number of anilines is 1. The Morgan fingerprint density at radius 3 is 1.95 bits per heavy atom. The molecule has 0 bridgehead atoms. The summed E-state index contributed by atoms with van der Waals surface area (Å²) < 4.78 is 50.6. The first kappa shape index (κ1) is 34.0. The molecule has 2 rings (SSSR count). The molecule has 0 aliphatic heterocycles. The van der Waals surface area contributed by atoms with Crippen molar-refractivity contribution in [2.75, 3.05) is 31.9 Å². The zero-order chi connectivity index (χ0) is 29.9. The fourth-order valence-electron chi connectivity index (χ4n) is 4.80. The molecular weight excluding hydrogens is 566 g/mol. The van der Waals surface area contributed by atoms with Crippen molar-refractivity contribution in [1.29, 1.82) is 0 Å². The highest BCUT2D eigenvalue weighted by atomic mass is 31.2. The summed E-state index contributed by atoms with van der Waals surface area (Å²) in [4.78, 5) is 21.2. The number of rotatable bonds is 17. The van der Waals surface area contributed by atoms with Crippen molar-refractivity contribution in [1.82, 2.24) is 0 Å². The van der Waals surface area contributed by atoms with Crippen molar-refractivity contribution in [3.8, 4) is 0 Å². The van der Waals surface area contributed by atoms with E-state index >= 15 is 0 Å². The van der Waals surface area contributed by atoms with Gasteiger partial charge in [-0.1, -0.05) is 13.3 Å². The second-order valence-electron chi connectivity index (χ2n) is 9.14. The van der Waals surface area contributed by atoms with Crippen LogP contribution >= 0.6 is 15.2 Å². The molecule has 0 saturated heterocycles. The van der Waals surface area contributed by atoms with Gasteiger partial charge in [0, 0.05) is 17.7 Å². The van der Waals surface area contributed by atoms with Gasteiger partial charge < -0.3 is 18.1 Å². The van der Waals surface area contributed by atoms with Gasteiger partial charge in [0.2, 0.25) is 0 Å². The van der Waals surface area contributed by atoms with Gasteiger partial charge in [0.1, 0.15) is 5.69 Å². The number of benzene rings is 1. The predicted octanol–water partition coefficient (Wildman–Crippen LogP) is 7.35. The Balaban J connectivity index is 2.55. The summed E-state index contributed by atoms with van der Waals surface area (Å²) in [6.07, 6.45) is 2.92. The molecule has 1 fully saturated rings. The van der Waals surface area contributed by atoms with Crippen LogP contribution in [0.5, 0.6) is 0 Å². The molecule has 16 heteroatoms. The fourth-order valence-corrected chi connectivity index (χ4v) is 10.3. The molecule has 226 valence electrons. The van der Waals surface area contributed by atoms with Gasteiger partial charge >= 0.3 is 20.9 Å². The molecular formula is C24H40N4O10P2. The van der Waals surface area contributed by atoms with Gasteiger partial charge in [0.05, 0.1) is 42.3 Å². The summed E-state index contributed by atoms with van der Waals surface area (Å²) in [5.74, 6) is -0.0350. The second kappa shape index (κ2) is 15.7. The molecule has 2 atom stereocenters. The van der Waals surface area contributed by atoms with Crippen molar-refractivity contribution in [2.24, 2.45) is 16.9 Å². The van der Waals surface area contributed by atoms with Gasteiger partial charge in [0.25, 0.3) is 5.69 Å². The maximum absolute atomic E-state index is 14.1. The van der Waals surface area contributed by atoms with Crippen LogP contribution in [0, 0.1) is 32.1 Å². The summed E-state index contributed by atoms with van der Waals surface area (Å²) in [6, 6.07) is 3.25. The highest BCUT2D eigenvalue weighted by molar-refractivity contribution is 7.72. The van der Waals surface area contributed by atoms with Crippen LogP contribution < -0.4 is 5.43 Å². The van der Waals surface area contributed by atoms with Crippen molar-refractivity contribution in [3.63, 3.8) is 0 Å². The molecule has 1 aromatic carbocycles. The number of hydrazone groups is 1. The summed E-state index contributed by atoms with van der Waals surface area (Å²) in [5.41, 5.74) is 2.40. The van der Waals surface area contributed by atoms with Crippen molar-refractivity contribution < 1.29 is 37.1 Å². The lowest BCUT2D eigenvalue weighted by Gasteiger charge is -2.36. The minimum Gasteiger partial charge on any atom is -0.308 e. The Labute approximate surface area is 234 Å². The van der Waals surface area contributed by atoms with Crippen LogP contribution in [0.2, 0.25) is 0 Å². The number of hydrogen-bond donors (Lipinski definition) is 1. The molecule has 1 aliphatic carbocycles. The molecule has 0 radical (unpaired) electrons. The van der Waals surface area contributed by atoms with Gasteiger partial charge in [-0.05, 0) is 65.4 Å². The normalized spacial score (nSPS) is 19.2. The van der Waals surface area contributed by atoms with Gasteiger partial charge in [-0.2, -0.15) is 5.10 Å². The SMILES string of the molecule is CCOP(=O)(OCC)C(C[C@@H]1C[C@@H](CC)CC/C1=N\Nc1ccc([N+](=O)[O-])cc1[N+](=O)[O-])P(=O)(OCC)OCC. The summed E-state index contributed by atoms with van der Waals surface area (Å²) in [7, 11) is -7.97. The molecule has 1 N–H and O–H groups in total. The van der Waals surface area contributed by atoms with Crippen molar-refractivity contribution >= 4 is 38.0 Å². The zero-order valence-corrected chi connectivity index (χ0v) is 25.4. The number of nitro groups is 2. The molecule has 0 aromatic heterocycles. The van der Waals surface area contributed by atoms with Crippen LogP contribution in [0.3, 0.4) is 0 Å².